The molecule has 1 aromatic carbocycles. The van der Waals surface area contributed by atoms with Crippen LogP contribution in [-0.2, 0) is 0 Å². The minimum Gasteiger partial charge on any atom is -0.497 e. The van der Waals surface area contributed by atoms with E-state index in [1.165, 1.54) is 0 Å². The average molecular weight is 357 g/mol. The van der Waals surface area contributed by atoms with E-state index in [9.17, 15) is 0 Å². The first kappa shape index (κ1) is 15.9. The smallest absolute Gasteiger partial charge is 0.225 e. The lowest BCUT2D eigenvalue weighted by atomic mass is 10.3. The molecule has 130 valence electrons. The number of hydrogen-bond acceptors (Lipinski definition) is 8. The number of fused-ring (bicyclic) bond motifs is 1. The van der Waals surface area contributed by atoms with E-state index in [0.29, 0.717) is 5.75 Å². The summed E-state index contributed by atoms with van der Waals surface area (Å²) in [6.45, 7) is 3.52. The van der Waals surface area contributed by atoms with Gasteiger partial charge in [0.15, 0.2) is 10.9 Å². The molecular formula is C17H19N5O2S. The summed E-state index contributed by atoms with van der Waals surface area (Å²) in [5.74, 6) is 2.28. The SMILES string of the molecule is COc1cnc(N2CCN(c3nc4ccc(OC)cc4s3)CC2)nc1. The molecule has 0 unspecified atom stereocenters. The quantitative estimate of drug-likeness (QED) is 0.710. The number of hydrogen-bond donors (Lipinski definition) is 0. The molecule has 1 fully saturated rings. The number of thiazole rings is 1. The highest BCUT2D eigenvalue weighted by Gasteiger charge is 2.21. The van der Waals surface area contributed by atoms with Crippen LogP contribution in [-0.4, -0.2) is 55.4 Å². The van der Waals surface area contributed by atoms with Crippen LogP contribution >= 0.6 is 11.3 Å². The fraction of sp³-hybridized carbons (Fsp3) is 0.353. The van der Waals surface area contributed by atoms with Crippen molar-refractivity contribution in [2.24, 2.45) is 0 Å². The molecule has 1 saturated heterocycles. The fourth-order valence-corrected chi connectivity index (χ4v) is 3.88. The third kappa shape index (κ3) is 3.17. The number of benzene rings is 1. The molecule has 0 spiro atoms. The van der Waals surface area contributed by atoms with Gasteiger partial charge in [0.1, 0.15) is 5.75 Å². The predicted molar refractivity (Wildman–Crippen MR) is 99.2 cm³/mol. The summed E-state index contributed by atoms with van der Waals surface area (Å²) in [5.41, 5.74) is 1.02. The zero-order valence-corrected chi connectivity index (χ0v) is 15.0. The molecule has 1 aliphatic heterocycles. The molecule has 2 aromatic heterocycles. The standard InChI is InChI=1S/C17H19N5O2S/c1-23-12-3-4-14-15(9-12)25-17(20-14)22-7-5-21(6-8-22)16-18-10-13(24-2)11-19-16/h3-4,9-11H,5-8H2,1-2H3. The maximum atomic E-state index is 5.29. The van der Waals surface area contributed by atoms with Crippen molar-refractivity contribution < 1.29 is 9.47 Å². The van der Waals surface area contributed by atoms with Gasteiger partial charge >= 0.3 is 0 Å². The van der Waals surface area contributed by atoms with Crippen molar-refractivity contribution in [3.05, 3.63) is 30.6 Å². The van der Waals surface area contributed by atoms with Crippen molar-refractivity contribution in [3.8, 4) is 11.5 Å². The Labute approximate surface area is 149 Å². The van der Waals surface area contributed by atoms with Crippen LogP contribution in [0.25, 0.3) is 10.2 Å². The molecule has 0 aliphatic carbocycles. The van der Waals surface area contributed by atoms with Gasteiger partial charge in [-0.25, -0.2) is 15.0 Å². The Morgan fingerprint density at radius 1 is 0.920 bits per heavy atom. The highest BCUT2D eigenvalue weighted by atomic mass is 32.1. The van der Waals surface area contributed by atoms with Gasteiger partial charge < -0.3 is 19.3 Å². The second kappa shape index (κ2) is 6.72. The van der Waals surface area contributed by atoms with Crippen molar-refractivity contribution in [1.82, 2.24) is 15.0 Å². The molecular weight excluding hydrogens is 338 g/mol. The van der Waals surface area contributed by atoms with Gasteiger partial charge in [-0.2, -0.15) is 0 Å². The van der Waals surface area contributed by atoms with Crippen molar-refractivity contribution in [2.75, 3.05) is 50.2 Å². The number of aromatic nitrogens is 3. The molecule has 4 rings (SSSR count). The molecule has 0 N–H and O–H groups in total. The van der Waals surface area contributed by atoms with Crippen LogP contribution in [0.15, 0.2) is 30.6 Å². The second-order valence-electron chi connectivity index (χ2n) is 5.73. The molecule has 0 radical (unpaired) electrons. The number of piperazine rings is 1. The lowest BCUT2D eigenvalue weighted by Crippen LogP contribution is -2.47. The van der Waals surface area contributed by atoms with Gasteiger partial charge in [-0.1, -0.05) is 11.3 Å². The van der Waals surface area contributed by atoms with Gasteiger partial charge in [-0.05, 0) is 18.2 Å². The van der Waals surface area contributed by atoms with Crippen molar-refractivity contribution >= 4 is 32.6 Å². The zero-order valence-electron chi connectivity index (χ0n) is 14.2. The molecule has 0 saturated carbocycles. The first-order valence-electron chi connectivity index (χ1n) is 8.07. The first-order valence-corrected chi connectivity index (χ1v) is 8.89. The summed E-state index contributed by atoms with van der Waals surface area (Å²) in [7, 11) is 3.30. The van der Waals surface area contributed by atoms with E-state index in [1.54, 1.807) is 38.0 Å². The molecule has 3 aromatic rings. The lowest BCUT2D eigenvalue weighted by molar-refractivity contribution is 0.410. The Morgan fingerprint density at radius 2 is 1.60 bits per heavy atom. The molecule has 7 nitrogen and oxygen atoms in total. The van der Waals surface area contributed by atoms with E-state index in [2.05, 4.69) is 19.8 Å². The summed E-state index contributed by atoms with van der Waals surface area (Å²) in [6, 6.07) is 6.00. The van der Waals surface area contributed by atoms with Crippen LogP contribution in [0.3, 0.4) is 0 Å². The van der Waals surface area contributed by atoms with Gasteiger partial charge in [0.2, 0.25) is 5.95 Å². The van der Waals surface area contributed by atoms with Crippen LogP contribution in [0.1, 0.15) is 0 Å². The molecule has 0 atom stereocenters. The van der Waals surface area contributed by atoms with Crippen molar-refractivity contribution in [3.63, 3.8) is 0 Å². The third-order valence-electron chi connectivity index (χ3n) is 4.27. The first-order chi connectivity index (χ1) is 12.3. The summed E-state index contributed by atoms with van der Waals surface area (Å²) >= 11 is 1.70. The van der Waals surface area contributed by atoms with E-state index in [1.807, 2.05) is 18.2 Å². The van der Waals surface area contributed by atoms with E-state index in [-0.39, 0.29) is 0 Å². The Balaban J connectivity index is 1.45. The van der Waals surface area contributed by atoms with E-state index >= 15 is 0 Å². The topological polar surface area (TPSA) is 63.6 Å². The Morgan fingerprint density at radius 3 is 2.28 bits per heavy atom. The molecule has 0 bridgehead atoms. The summed E-state index contributed by atoms with van der Waals surface area (Å²) in [5, 5.41) is 1.05. The van der Waals surface area contributed by atoms with Gasteiger partial charge in [0.25, 0.3) is 0 Å². The van der Waals surface area contributed by atoms with E-state index in [0.717, 1.165) is 53.2 Å². The average Bonchev–Trinajstić information content (AvgIpc) is 3.11. The fourth-order valence-electron chi connectivity index (χ4n) is 2.83. The van der Waals surface area contributed by atoms with Crippen molar-refractivity contribution in [2.45, 2.75) is 0 Å². The number of methoxy groups -OCH3 is 2. The lowest BCUT2D eigenvalue weighted by Gasteiger charge is -2.34. The molecule has 0 amide bonds. The molecule has 25 heavy (non-hydrogen) atoms. The summed E-state index contributed by atoms with van der Waals surface area (Å²) in [4.78, 5) is 18.0. The van der Waals surface area contributed by atoms with Gasteiger partial charge in [0.05, 0.1) is 36.8 Å². The molecule has 8 heteroatoms. The number of nitrogens with zero attached hydrogens (tertiary/aromatic N) is 5. The van der Waals surface area contributed by atoms with Gasteiger partial charge in [-0.3, -0.25) is 0 Å². The number of ether oxygens (including phenoxy) is 2. The minimum absolute atomic E-state index is 0.673. The maximum absolute atomic E-state index is 5.29. The monoisotopic (exact) mass is 357 g/mol. The minimum atomic E-state index is 0.673. The predicted octanol–water partition coefficient (Wildman–Crippen LogP) is 2.43. The van der Waals surface area contributed by atoms with Crippen LogP contribution in [0, 0.1) is 0 Å². The molecule has 3 heterocycles. The van der Waals surface area contributed by atoms with Crippen LogP contribution in [0.4, 0.5) is 11.1 Å². The summed E-state index contributed by atoms with van der Waals surface area (Å²) in [6.07, 6.45) is 3.41. The van der Waals surface area contributed by atoms with Gasteiger partial charge in [0, 0.05) is 26.2 Å². The third-order valence-corrected chi connectivity index (χ3v) is 5.35. The number of anilines is 2. The van der Waals surface area contributed by atoms with Crippen molar-refractivity contribution in [1.29, 1.82) is 0 Å². The normalized spacial score (nSPS) is 14.8. The van der Waals surface area contributed by atoms with Crippen LogP contribution in [0.2, 0.25) is 0 Å². The Hall–Kier alpha value is -2.61. The summed E-state index contributed by atoms with van der Waals surface area (Å²) < 4.78 is 11.5. The van der Waals surface area contributed by atoms with E-state index in [4.69, 9.17) is 14.5 Å². The number of rotatable bonds is 4. The largest absolute Gasteiger partial charge is 0.497 e. The highest BCUT2D eigenvalue weighted by molar-refractivity contribution is 7.22. The maximum Gasteiger partial charge on any atom is 0.225 e. The van der Waals surface area contributed by atoms with E-state index < -0.39 is 0 Å². The second-order valence-corrected chi connectivity index (χ2v) is 6.74. The zero-order chi connectivity index (χ0) is 17.2. The Bertz CT molecular complexity index is 859. The Kier molecular flexibility index (Phi) is 4.27. The highest BCUT2D eigenvalue weighted by Crippen LogP contribution is 2.32. The van der Waals surface area contributed by atoms with Crippen LogP contribution < -0.4 is 19.3 Å². The van der Waals surface area contributed by atoms with Gasteiger partial charge in [-0.15, -0.1) is 0 Å². The molecule has 1 aliphatic rings. The van der Waals surface area contributed by atoms with Crippen LogP contribution in [0.5, 0.6) is 11.5 Å².